The fraction of sp³-hybridized carbons (Fsp3) is 0.391. The van der Waals surface area contributed by atoms with Crippen molar-refractivity contribution in [2.45, 2.75) is 31.8 Å². The number of hydrogen-bond acceptors (Lipinski definition) is 4. The molecule has 1 unspecified atom stereocenters. The van der Waals surface area contributed by atoms with Gasteiger partial charge in [0.2, 0.25) is 5.91 Å². The Morgan fingerprint density at radius 2 is 1.58 bits per heavy atom. The second kappa shape index (κ2) is 12.7. The van der Waals surface area contributed by atoms with Crippen molar-refractivity contribution in [1.29, 1.82) is 0 Å². The van der Waals surface area contributed by atoms with Gasteiger partial charge in [0.25, 0.3) is 5.91 Å². The van der Waals surface area contributed by atoms with E-state index >= 15 is 0 Å². The van der Waals surface area contributed by atoms with Gasteiger partial charge in [0.15, 0.2) is 0 Å². The largest absolute Gasteiger partial charge is 0.351 e. The van der Waals surface area contributed by atoms with Crippen LogP contribution in [0.15, 0.2) is 54.6 Å². The van der Waals surface area contributed by atoms with Crippen LogP contribution in [-0.2, 0) is 16.9 Å². The van der Waals surface area contributed by atoms with Crippen LogP contribution in [0.5, 0.6) is 0 Å². The zero-order valence-electron chi connectivity index (χ0n) is 17.8. The average Bonchev–Trinajstić information content (AvgIpc) is 3.26. The predicted molar refractivity (Wildman–Crippen MR) is 129 cm³/mol. The molecule has 0 radical (unpaired) electrons. The summed E-state index contributed by atoms with van der Waals surface area (Å²) in [5.41, 5.74) is 7.43. The number of likely N-dealkylation sites (tertiary alicyclic amines) is 1. The van der Waals surface area contributed by atoms with Gasteiger partial charge in [-0.05, 0) is 56.1 Å². The molecule has 0 aromatic heterocycles. The molecule has 0 bridgehead atoms. The fourth-order valence-corrected chi connectivity index (χ4v) is 3.49. The molecule has 1 atom stereocenters. The molecule has 4 N–H and O–H groups in total. The van der Waals surface area contributed by atoms with E-state index in [2.05, 4.69) is 15.5 Å². The smallest absolute Gasteiger partial charge is 0.251 e. The lowest BCUT2D eigenvalue weighted by Crippen LogP contribution is -2.48. The van der Waals surface area contributed by atoms with Crippen LogP contribution in [0, 0.1) is 0 Å². The molecule has 2 amide bonds. The SMILES string of the molecule is CC(N)(C(=O)NCc1ccc(C(=O)NCCN2CCCC2)cc1)c1ccccc1.Cl.Cl. The minimum absolute atomic E-state index is 0. The molecule has 0 spiro atoms. The summed E-state index contributed by atoms with van der Waals surface area (Å²) in [6, 6.07) is 16.6. The first-order valence-electron chi connectivity index (χ1n) is 10.2. The first kappa shape index (κ1) is 26.9. The molecule has 2 aromatic carbocycles. The molecular weight excluding hydrogens is 435 g/mol. The minimum Gasteiger partial charge on any atom is -0.351 e. The van der Waals surface area contributed by atoms with E-state index in [1.165, 1.54) is 12.8 Å². The summed E-state index contributed by atoms with van der Waals surface area (Å²) in [6.07, 6.45) is 2.50. The number of amides is 2. The van der Waals surface area contributed by atoms with Gasteiger partial charge in [0, 0.05) is 25.2 Å². The van der Waals surface area contributed by atoms with Gasteiger partial charge < -0.3 is 21.3 Å². The zero-order chi connectivity index (χ0) is 20.7. The van der Waals surface area contributed by atoms with E-state index in [0.717, 1.165) is 30.8 Å². The van der Waals surface area contributed by atoms with Crippen molar-refractivity contribution in [3.8, 4) is 0 Å². The van der Waals surface area contributed by atoms with E-state index < -0.39 is 5.54 Å². The lowest BCUT2D eigenvalue weighted by molar-refractivity contribution is -0.126. The van der Waals surface area contributed by atoms with Gasteiger partial charge in [-0.2, -0.15) is 0 Å². The molecule has 2 aromatic rings. The molecule has 170 valence electrons. The van der Waals surface area contributed by atoms with E-state index in [9.17, 15) is 9.59 Å². The van der Waals surface area contributed by atoms with Gasteiger partial charge >= 0.3 is 0 Å². The van der Waals surface area contributed by atoms with E-state index in [4.69, 9.17) is 5.73 Å². The maximum absolute atomic E-state index is 12.5. The Kier molecular flexibility index (Phi) is 11.0. The van der Waals surface area contributed by atoms with Gasteiger partial charge in [-0.3, -0.25) is 9.59 Å². The van der Waals surface area contributed by atoms with Crippen molar-refractivity contribution >= 4 is 36.6 Å². The minimum atomic E-state index is -1.10. The molecular formula is C23H32Cl2N4O2. The number of carbonyl (C=O) groups excluding carboxylic acids is 2. The van der Waals surface area contributed by atoms with Gasteiger partial charge in [-0.25, -0.2) is 0 Å². The average molecular weight is 467 g/mol. The monoisotopic (exact) mass is 466 g/mol. The van der Waals surface area contributed by atoms with Crippen LogP contribution in [0.4, 0.5) is 0 Å². The summed E-state index contributed by atoms with van der Waals surface area (Å²) < 4.78 is 0. The van der Waals surface area contributed by atoms with Crippen LogP contribution in [0.25, 0.3) is 0 Å². The van der Waals surface area contributed by atoms with Gasteiger partial charge in [-0.1, -0.05) is 42.5 Å². The predicted octanol–water partition coefficient (Wildman–Crippen LogP) is 2.85. The number of nitrogens with zero attached hydrogens (tertiary/aromatic N) is 1. The standard InChI is InChI=1S/C23H30N4O2.2ClH/c1-23(24,20-7-3-2-4-8-20)22(29)26-17-18-9-11-19(12-10-18)21(28)25-13-16-27-14-5-6-15-27;;/h2-4,7-12H,5-6,13-17,24H2,1H3,(H,25,28)(H,26,29);2*1H. The molecule has 0 aliphatic carbocycles. The van der Waals surface area contributed by atoms with E-state index in [0.29, 0.717) is 18.7 Å². The number of hydrogen-bond donors (Lipinski definition) is 3. The Morgan fingerprint density at radius 3 is 2.19 bits per heavy atom. The molecule has 31 heavy (non-hydrogen) atoms. The summed E-state index contributed by atoms with van der Waals surface area (Å²) in [4.78, 5) is 27.2. The topological polar surface area (TPSA) is 87.5 Å². The first-order chi connectivity index (χ1) is 14.0. The Hall–Kier alpha value is -2.12. The second-order valence-corrected chi connectivity index (χ2v) is 7.75. The summed E-state index contributed by atoms with van der Waals surface area (Å²) >= 11 is 0. The lowest BCUT2D eigenvalue weighted by atomic mass is 9.92. The van der Waals surface area contributed by atoms with Gasteiger partial charge in [0.1, 0.15) is 5.54 Å². The van der Waals surface area contributed by atoms with Crippen molar-refractivity contribution in [2.24, 2.45) is 5.73 Å². The van der Waals surface area contributed by atoms with E-state index in [1.807, 2.05) is 42.5 Å². The summed E-state index contributed by atoms with van der Waals surface area (Å²) in [5, 5.41) is 5.85. The van der Waals surface area contributed by atoms with E-state index in [1.54, 1.807) is 19.1 Å². The van der Waals surface area contributed by atoms with Crippen LogP contribution in [0.1, 0.15) is 41.3 Å². The van der Waals surface area contributed by atoms with Crippen LogP contribution in [-0.4, -0.2) is 42.9 Å². The fourth-order valence-electron chi connectivity index (χ4n) is 3.49. The molecule has 6 nitrogen and oxygen atoms in total. The van der Waals surface area contributed by atoms with Crippen molar-refractivity contribution in [2.75, 3.05) is 26.2 Å². The van der Waals surface area contributed by atoms with Crippen molar-refractivity contribution < 1.29 is 9.59 Å². The third kappa shape index (κ3) is 7.51. The highest BCUT2D eigenvalue weighted by molar-refractivity contribution is 5.94. The number of halogens is 2. The van der Waals surface area contributed by atoms with Crippen molar-refractivity contribution in [3.05, 3.63) is 71.3 Å². The van der Waals surface area contributed by atoms with Crippen molar-refractivity contribution in [3.63, 3.8) is 0 Å². The maximum atomic E-state index is 12.5. The van der Waals surface area contributed by atoms with Crippen LogP contribution in [0.2, 0.25) is 0 Å². The third-order valence-corrected chi connectivity index (χ3v) is 5.43. The molecule has 1 heterocycles. The zero-order valence-corrected chi connectivity index (χ0v) is 19.4. The summed E-state index contributed by atoms with van der Waals surface area (Å²) in [5.74, 6) is -0.314. The Bertz CT molecular complexity index is 823. The first-order valence-corrected chi connectivity index (χ1v) is 10.2. The Labute approximate surface area is 196 Å². The molecule has 1 aliphatic heterocycles. The molecule has 1 saturated heterocycles. The van der Waals surface area contributed by atoms with Crippen molar-refractivity contribution in [1.82, 2.24) is 15.5 Å². The number of carbonyl (C=O) groups is 2. The van der Waals surface area contributed by atoms with Crippen LogP contribution in [0.3, 0.4) is 0 Å². The number of nitrogens with two attached hydrogens (primary N) is 1. The van der Waals surface area contributed by atoms with Crippen LogP contribution < -0.4 is 16.4 Å². The third-order valence-electron chi connectivity index (χ3n) is 5.43. The number of nitrogens with one attached hydrogen (secondary N) is 2. The molecule has 8 heteroatoms. The molecule has 1 aliphatic rings. The lowest BCUT2D eigenvalue weighted by Gasteiger charge is -2.24. The molecule has 1 fully saturated rings. The second-order valence-electron chi connectivity index (χ2n) is 7.75. The summed E-state index contributed by atoms with van der Waals surface area (Å²) in [6.45, 7) is 5.87. The van der Waals surface area contributed by atoms with E-state index in [-0.39, 0.29) is 36.6 Å². The number of rotatable bonds is 8. The highest BCUT2D eigenvalue weighted by atomic mass is 35.5. The number of benzene rings is 2. The van der Waals surface area contributed by atoms with Crippen LogP contribution >= 0.6 is 24.8 Å². The Morgan fingerprint density at radius 1 is 0.968 bits per heavy atom. The Balaban J connectivity index is 0.00000240. The molecule has 0 saturated carbocycles. The quantitative estimate of drug-likeness (QED) is 0.557. The van der Waals surface area contributed by atoms with Gasteiger partial charge in [-0.15, -0.1) is 24.8 Å². The highest BCUT2D eigenvalue weighted by Gasteiger charge is 2.29. The maximum Gasteiger partial charge on any atom is 0.251 e. The normalized spacial score (nSPS) is 15.2. The highest BCUT2D eigenvalue weighted by Crippen LogP contribution is 2.17. The van der Waals surface area contributed by atoms with Gasteiger partial charge in [0.05, 0.1) is 0 Å². The molecule has 3 rings (SSSR count). The summed E-state index contributed by atoms with van der Waals surface area (Å²) in [7, 11) is 0.